The van der Waals surface area contributed by atoms with Crippen molar-refractivity contribution in [3.8, 4) is 5.75 Å². The van der Waals surface area contributed by atoms with Gasteiger partial charge in [0, 0.05) is 0 Å². The van der Waals surface area contributed by atoms with E-state index in [-0.39, 0.29) is 11.4 Å². The van der Waals surface area contributed by atoms with E-state index in [2.05, 4.69) is 5.32 Å². The maximum atomic E-state index is 12.7. The van der Waals surface area contributed by atoms with Crippen LogP contribution in [0.4, 0.5) is 23.7 Å². The summed E-state index contributed by atoms with van der Waals surface area (Å²) < 4.78 is 43.0. The van der Waals surface area contributed by atoms with Gasteiger partial charge in [-0.15, -0.1) is 0 Å². The van der Waals surface area contributed by atoms with Gasteiger partial charge in [0.2, 0.25) is 0 Å². The van der Waals surface area contributed by atoms with Gasteiger partial charge in [0.15, 0.2) is 0 Å². The van der Waals surface area contributed by atoms with E-state index in [1.165, 1.54) is 18.2 Å². The third kappa shape index (κ3) is 3.88. The number of rotatable bonds is 2. The van der Waals surface area contributed by atoms with Gasteiger partial charge in [0.05, 0.1) is 16.3 Å². The summed E-state index contributed by atoms with van der Waals surface area (Å²) in [5.41, 5.74) is -1.20. The lowest BCUT2D eigenvalue weighted by atomic mass is 10.2. The Morgan fingerprint density at radius 1 is 1.05 bits per heavy atom. The molecule has 0 atom stereocenters. The minimum absolute atomic E-state index is 0.174. The van der Waals surface area contributed by atoms with Gasteiger partial charge in [-0.1, -0.05) is 35.9 Å². The van der Waals surface area contributed by atoms with Crippen molar-refractivity contribution < 1.29 is 22.7 Å². The monoisotopic (exact) mass is 315 g/mol. The van der Waals surface area contributed by atoms with Crippen molar-refractivity contribution in [2.45, 2.75) is 6.18 Å². The number of carbonyl (C=O) groups excluding carboxylic acids is 1. The Kier molecular flexibility index (Phi) is 4.37. The fourth-order valence-electron chi connectivity index (χ4n) is 1.58. The summed E-state index contributed by atoms with van der Waals surface area (Å²) in [5, 5.41) is 1.59. The zero-order chi connectivity index (χ0) is 15.5. The number of alkyl halides is 3. The lowest BCUT2D eigenvalue weighted by Gasteiger charge is -2.13. The minimum Gasteiger partial charge on any atom is -0.410 e. The first-order chi connectivity index (χ1) is 9.88. The first-order valence-electron chi connectivity index (χ1n) is 5.77. The molecule has 0 fully saturated rings. The summed E-state index contributed by atoms with van der Waals surface area (Å²) in [5.74, 6) is 0.262. The second-order valence-corrected chi connectivity index (χ2v) is 4.37. The predicted molar refractivity (Wildman–Crippen MR) is 72.5 cm³/mol. The predicted octanol–water partition coefficient (Wildman–Crippen LogP) is 4.97. The van der Waals surface area contributed by atoms with E-state index in [1.54, 1.807) is 18.2 Å². The molecule has 1 amide bonds. The molecular weight excluding hydrogens is 307 g/mol. The molecule has 110 valence electrons. The molecule has 0 saturated carbocycles. The second kappa shape index (κ2) is 6.05. The molecule has 0 bridgehead atoms. The van der Waals surface area contributed by atoms with Crippen LogP contribution < -0.4 is 10.1 Å². The standard InChI is InChI=1S/C14H9ClF3NO2/c15-12-10(14(16,17)18)7-4-8-11(12)19-13(20)21-9-5-2-1-3-6-9/h1-8H,(H,19,20). The Bertz CT molecular complexity index is 644. The van der Waals surface area contributed by atoms with Crippen molar-refractivity contribution in [3.63, 3.8) is 0 Å². The summed E-state index contributed by atoms with van der Waals surface area (Å²) >= 11 is 5.65. The van der Waals surface area contributed by atoms with E-state index in [0.717, 1.165) is 12.1 Å². The number of nitrogens with one attached hydrogen (secondary N) is 1. The van der Waals surface area contributed by atoms with Crippen molar-refractivity contribution in [1.82, 2.24) is 0 Å². The number of anilines is 1. The smallest absolute Gasteiger partial charge is 0.410 e. The van der Waals surface area contributed by atoms with E-state index in [1.807, 2.05) is 0 Å². The molecule has 0 heterocycles. The zero-order valence-electron chi connectivity index (χ0n) is 10.4. The third-order valence-electron chi connectivity index (χ3n) is 2.49. The van der Waals surface area contributed by atoms with E-state index in [0.29, 0.717) is 0 Å². The molecule has 2 rings (SSSR count). The van der Waals surface area contributed by atoms with Gasteiger partial charge < -0.3 is 4.74 Å². The van der Waals surface area contributed by atoms with Gasteiger partial charge >= 0.3 is 12.3 Å². The van der Waals surface area contributed by atoms with Crippen LogP contribution in [0.1, 0.15) is 5.56 Å². The Hall–Kier alpha value is -2.21. The molecule has 21 heavy (non-hydrogen) atoms. The fraction of sp³-hybridized carbons (Fsp3) is 0.0714. The number of halogens is 4. The number of ether oxygens (including phenoxy) is 1. The van der Waals surface area contributed by atoms with Crippen LogP contribution in [0.5, 0.6) is 5.75 Å². The highest BCUT2D eigenvalue weighted by Crippen LogP contribution is 2.38. The van der Waals surface area contributed by atoms with Crippen LogP contribution in [0.15, 0.2) is 48.5 Å². The second-order valence-electron chi connectivity index (χ2n) is 3.99. The van der Waals surface area contributed by atoms with Crippen LogP contribution in [0, 0.1) is 0 Å². The molecule has 0 unspecified atom stereocenters. The molecule has 0 aliphatic rings. The van der Waals surface area contributed by atoms with Gasteiger partial charge in [0.25, 0.3) is 0 Å². The fourth-order valence-corrected chi connectivity index (χ4v) is 1.86. The molecular formula is C14H9ClF3NO2. The Labute approximate surface area is 123 Å². The lowest BCUT2D eigenvalue weighted by Crippen LogP contribution is -2.18. The van der Waals surface area contributed by atoms with Crippen LogP contribution in [-0.2, 0) is 6.18 Å². The lowest BCUT2D eigenvalue weighted by molar-refractivity contribution is -0.137. The van der Waals surface area contributed by atoms with Crippen LogP contribution >= 0.6 is 11.6 Å². The quantitative estimate of drug-likeness (QED) is 0.849. The molecule has 1 N–H and O–H groups in total. The van der Waals surface area contributed by atoms with Crippen LogP contribution in [-0.4, -0.2) is 6.09 Å². The van der Waals surface area contributed by atoms with Crippen molar-refractivity contribution in [3.05, 3.63) is 59.1 Å². The maximum Gasteiger partial charge on any atom is 0.417 e. The van der Waals surface area contributed by atoms with Crippen molar-refractivity contribution in [2.24, 2.45) is 0 Å². The number of benzene rings is 2. The molecule has 0 spiro atoms. The Balaban J connectivity index is 2.15. The minimum atomic E-state index is -4.60. The summed E-state index contributed by atoms with van der Waals surface area (Å²) in [7, 11) is 0. The van der Waals surface area contributed by atoms with E-state index in [9.17, 15) is 18.0 Å². The highest BCUT2D eigenvalue weighted by molar-refractivity contribution is 6.34. The molecule has 0 saturated heterocycles. The van der Waals surface area contributed by atoms with Crippen molar-refractivity contribution in [1.29, 1.82) is 0 Å². The zero-order valence-corrected chi connectivity index (χ0v) is 11.2. The summed E-state index contributed by atoms with van der Waals surface area (Å²) in [6.45, 7) is 0. The highest BCUT2D eigenvalue weighted by Gasteiger charge is 2.34. The third-order valence-corrected chi connectivity index (χ3v) is 2.90. The largest absolute Gasteiger partial charge is 0.417 e. The van der Waals surface area contributed by atoms with E-state index >= 15 is 0 Å². The first-order valence-corrected chi connectivity index (χ1v) is 6.15. The van der Waals surface area contributed by atoms with Crippen molar-refractivity contribution in [2.75, 3.05) is 5.32 Å². The maximum absolute atomic E-state index is 12.7. The molecule has 3 nitrogen and oxygen atoms in total. The number of carbonyl (C=O) groups is 1. The van der Waals surface area contributed by atoms with Crippen LogP contribution in [0.2, 0.25) is 5.02 Å². The molecule has 0 aliphatic carbocycles. The number of hydrogen-bond donors (Lipinski definition) is 1. The van der Waals surface area contributed by atoms with Crippen LogP contribution in [0.3, 0.4) is 0 Å². The van der Waals surface area contributed by atoms with Gasteiger partial charge in [0.1, 0.15) is 5.75 Å². The average molecular weight is 316 g/mol. The van der Waals surface area contributed by atoms with Gasteiger partial charge in [-0.3, -0.25) is 5.32 Å². The average Bonchev–Trinajstić information content (AvgIpc) is 2.41. The molecule has 2 aromatic carbocycles. The van der Waals surface area contributed by atoms with E-state index < -0.39 is 22.9 Å². The summed E-state index contributed by atoms with van der Waals surface area (Å²) in [6.07, 6.45) is -5.53. The molecule has 0 aromatic heterocycles. The number of hydrogen-bond acceptors (Lipinski definition) is 2. The molecule has 0 aliphatic heterocycles. The number of para-hydroxylation sites is 1. The number of amides is 1. The topological polar surface area (TPSA) is 38.3 Å². The molecule has 0 radical (unpaired) electrons. The normalized spacial score (nSPS) is 11.0. The first kappa shape index (κ1) is 15.2. The van der Waals surface area contributed by atoms with Gasteiger partial charge in [-0.2, -0.15) is 13.2 Å². The van der Waals surface area contributed by atoms with Gasteiger partial charge in [-0.05, 0) is 24.3 Å². The van der Waals surface area contributed by atoms with E-state index in [4.69, 9.17) is 16.3 Å². The Morgan fingerprint density at radius 2 is 1.71 bits per heavy atom. The Morgan fingerprint density at radius 3 is 2.33 bits per heavy atom. The summed E-state index contributed by atoms with van der Waals surface area (Å²) in [6, 6.07) is 11.3. The van der Waals surface area contributed by atoms with Gasteiger partial charge in [-0.25, -0.2) is 4.79 Å². The van der Waals surface area contributed by atoms with Crippen LogP contribution in [0.25, 0.3) is 0 Å². The molecule has 7 heteroatoms. The SMILES string of the molecule is O=C(Nc1cccc(C(F)(F)F)c1Cl)Oc1ccccc1. The summed E-state index contributed by atoms with van der Waals surface area (Å²) in [4.78, 5) is 11.6. The highest BCUT2D eigenvalue weighted by atomic mass is 35.5. The van der Waals surface area contributed by atoms with Crippen molar-refractivity contribution >= 4 is 23.4 Å². The molecule has 2 aromatic rings.